The quantitative estimate of drug-likeness (QED) is 0.384. The maximum atomic E-state index is 13.6. The summed E-state index contributed by atoms with van der Waals surface area (Å²) in [4.78, 5) is 6.62. The average Bonchev–Trinajstić information content (AvgIpc) is 2.53. The molecule has 7 nitrogen and oxygen atoms in total. The van der Waals surface area contributed by atoms with Gasteiger partial charge in [0.25, 0.3) is 0 Å². The molecule has 5 N–H and O–H groups in total. The Morgan fingerprint density at radius 2 is 1.82 bits per heavy atom. The number of halogens is 4. The Labute approximate surface area is 184 Å². The summed E-state index contributed by atoms with van der Waals surface area (Å²) in [5, 5.41) is 16.6. The van der Waals surface area contributed by atoms with E-state index in [9.17, 15) is 17.6 Å². The summed E-state index contributed by atoms with van der Waals surface area (Å²) in [6, 6.07) is 4.66. The molecule has 1 heterocycles. The maximum absolute atomic E-state index is 13.6. The summed E-state index contributed by atoms with van der Waals surface area (Å²) in [6.45, 7) is 3.15. The molecule has 153 valence electrons. The van der Waals surface area contributed by atoms with Gasteiger partial charge in [0.15, 0.2) is 5.69 Å². The van der Waals surface area contributed by atoms with Crippen LogP contribution in [0, 0.1) is 5.82 Å². The number of nitrogens with two attached hydrogens (primary N) is 1. The van der Waals surface area contributed by atoms with Crippen LogP contribution >= 0.6 is 0 Å². The molecule has 0 unspecified atom stereocenters. The van der Waals surface area contributed by atoms with Crippen molar-refractivity contribution in [2.75, 3.05) is 5.73 Å². The van der Waals surface area contributed by atoms with Crippen molar-refractivity contribution in [2.24, 2.45) is 0 Å². The molecule has 0 aliphatic rings. The monoisotopic (exact) mass is 481 g/mol. The summed E-state index contributed by atoms with van der Waals surface area (Å²) in [6.07, 6.45) is -4.85. The fourth-order valence-electron chi connectivity index (χ4n) is 1.73. The number of anilines is 1. The molecule has 0 saturated heterocycles. The predicted molar refractivity (Wildman–Crippen MR) is 88.2 cm³/mol. The smallest absolute Gasteiger partial charge is 0.433 e. The van der Waals surface area contributed by atoms with Crippen LogP contribution < -0.4 is 16.0 Å². The van der Waals surface area contributed by atoms with E-state index in [0.717, 1.165) is 6.07 Å². The van der Waals surface area contributed by atoms with Gasteiger partial charge in [0.2, 0.25) is 11.8 Å². The molecule has 2 rings (SSSR count). The van der Waals surface area contributed by atoms with Gasteiger partial charge in [-0.3, -0.25) is 0 Å². The number of nitrogens with one attached hydrogen (secondary N) is 1. The SMILES string of the molecule is CC(C)O.Nc1nc(OCc2ccc(CNO)c(F)c2)cc(C(F)(F)F)n1.[Y]. The van der Waals surface area contributed by atoms with E-state index in [-0.39, 0.29) is 63.4 Å². The second kappa shape index (κ2) is 12.2. The van der Waals surface area contributed by atoms with Crippen LogP contribution in [0.15, 0.2) is 24.3 Å². The van der Waals surface area contributed by atoms with Crippen LogP contribution in [0.3, 0.4) is 0 Å². The molecule has 12 heteroatoms. The topological polar surface area (TPSA) is 114 Å². The van der Waals surface area contributed by atoms with E-state index in [2.05, 4.69) is 9.97 Å². The molecule has 0 bridgehead atoms. The van der Waals surface area contributed by atoms with Gasteiger partial charge in [-0.1, -0.05) is 12.1 Å². The molecular formula is C16H20F4N4O3Y. The van der Waals surface area contributed by atoms with E-state index in [4.69, 9.17) is 20.8 Å². The predicted octanol–water partition coefficient (Wildman–Crippen LogP) is 2.66. The minimum atomic E-state index is -4.68. The molecule has 0 aliphatic carbocycles. The fourth-order valence-corrected chi connectivity index (χ4v) is 1.73. The molecule has 1 aromatic heterocycles. The van der Waals surface area contributed by atoms with Crippen LogP contribution in [-0.4, -0.2) is 26.4 Å². The first kappa shape index (κ1) is 26.6. The summed E-state index contributed by atoms with van der Waals surface area (Å²) in [5.41, 5.74) is 6.40. The third-order valence-corrected chi connectivity index (χ3v) is 2.78. The molecule has 1 aromatic carbocycles. The van der Waals surface area contributed by atoms with E-state index < -0.39 is 23.6 Å². The molecule has 0 atom stereocenters. The Balaban J connectivity index is 0.00000133. The Morgan fingerprint density at radius 1 is 1.21 bits per heavy atom. The summed E-state index contributed by atoms with van der Waals surface area (Å²) in [5.74, 6) is -1.54. The van der Waals surface area contributed by atoms with Crippen LogP contribution in [0.2, 0.25) is 0 Å². The van der Waals surface area contributed by atoms with E-state index in [1.807, 2.05) is 5.48 Å². The first-order chi connectivity index (χ1) is 12.5. The van der Waals surface area contributed by atoms with Crippen molar-refractivity contribution < 1.29 is 65.3 Å². The standard InChI is InChI=1S/C13H12F4N4O2.C3H8O.Y/c14-9-3-7(1-2-8(9)5-19-22)6-23-11-4-10(13(15,16)17)20-12(18)21-11;1-3(2)4;/h1-4,19,22H,5-6H2,(H2,18,20,21);3-4H,1-2H3;. The van der Waals surface area contributed by atoms with Gasteiger partial charge in [-0.2, -0.15) is 18.2 Å². The zero-order chi connectivity index (χ0) is 20.6. The van der Waals surface area contributed by atoms with Crippen LogP contribution in [0.4, 0.5) is 23.5 Å². The number of hydroxylamine groups is 1. The van der Waals surface area contributed by atoms with E-state index in [1.165, 1.54) is 12.1 Å². The van der Waals surface area contributed by atoms with Crippen molar-refractivity contribution in [3.63, 3.8) is 0 Å². The third-order valence-electron chi connectivity index (χ3n) is 2.78. The van der Waals surface area contributed by atoms with Gasteiger partial charge >= 0.3 is 6.18 Å². The summed E-state index contributed by atoms with van der Waals surface area (Å²) >= 11 is 0. The van der Waals surface area contributed by atoms with Crippen molar-refractivity contribution in [1.82, 2.24) is 15.4 Å². The number of hydrogen-bond donors (Lipinski definition) is 4. The number of aliphatic hydroxyl groups excluding tert-OH is 1. The van der Waals surface area contributed by atoms with Crippen molar-refractivity contribution >= 4 is 5.95 Å². The molecule has 1 radical (unpaired) electrons. The first-order valence-corrected chi connectivity index (χ1v) is 7.69. The van der Waals surface area contributed by atoms with Crippen molar-refractivity contribution in [2.45, 2.75) is 39.3 Å². The molecule has 0 amide bonds. The van der Waals surface area contributed by atoms with E-state index >= 15 is 0 Å². The molecule has 0 aliphatic heterocycles. The van der Waals surface area contributed by atoms with Gasteiger partial charge in [0, 0.05) is 57.0 Å². The minimum Gasteiger partial charge on any atom is -0.473 e. The number of alkyl halides is 3. The molecule has 2 aromatic rings. The Hall–Kier alpha value is -1.40. The van der Waals surface area contributed by atoms with Crippen molar-refractivity contribution in [1.29, 1.82) is 0 Å². The molecule has 0 spiro atoms. The maximum Gasteiger partial charge on any atom is 0.433 e. The average molecular weight is 481 g/mol. The van der Waals surface area contributed by atoms with E-state index in [1.54, 1.807) is 13.8 Å². The number of benzene rings is 1. The van der Waals surface area contributed by atoms with Crippen LogP contribution in [-0.2, 0) is 52.0 Å². The molecular weight excluding hydrogens is 461 g/mol. The van der Waals surface area contributed by atoms with Gasteiger partial charge in [-0.05, 0) is 25.5 Å². The van der Waals surface area contributed by atoms with Gasteiger partial charge < -0.3 is 20.8 Å². The molecule has 0 fully saturated rings. The third kappa shape index (κ3) is 9.69. The Morgan fingerprint density at radius 3 is 2.32 bits per heavy atom. The minimum absolute atomic E-state index is 0. The zero-order valence-electron chi connectivity index (χ0n) is 15.2. The number of nitrogens with zero attached hydrogens (tertiary/aromatic N) is 2. The molecule has 0 saturated carbocycles. The van der Waals surface area contributed by atoms with Gasteiger partial charge in [-0.25, -0.2) is 14.9 Å². The van der Waals surface area contributed by atoms with Crippen molar-refractivity contribution in [3.05, 3.63) is 46.9 Å². The van der Waals surface area contributed by atoms with Gasteiger partial charge in [0.05, 0.1) is 0 Å². The van der Waals surface area contributed by atoms with Gasteiger partial charge in [-0.15, -0.1) is 0 Å². The Kier molecular flexibility index (Phi) is 11.6. The summed E-state index contributed by atoms with van der Waals surface area (Å²) < 4.78 is 56.6. The molecule has 28 heavy (non-hydrogen) atoms. The van der Waals surface area contributed by atoms with Crippen LogP contribution in [0.5, 0.6) is 5.88 Å². The van der Waals surface area contributed by atoms with Crippen LogP contribution in [0.1, 0.15) is 30.7 Å². The number of hydrogen-bond acceptors (Lipinski definition) is 7. The Bertz CT molecular complexity index is 746. The number of ether oxygens (including phenoxy) is 1. The fraction of sp³-hybridized carbons (Fsp3) is 0.375. The number of aliphatic hydroxyl groups is 1. The van der Waals surface area contributed by atoms with E-state index in [0.29, 0.717) is 11.6 Å². The zero-order valence-corrected chi connectivity index (χ0v) is 18.0. The summed E-state index contributed by atoms with van der Waals surface area (Å²) in [7, 11) is 0. The largest absolute Gasteiger partial charge is 0.473 e. The number of nitrogen functional groups attached to an aromatic ring is 1. The van der Waals surface area contributed by atoms with Gasteiger partial charge in [0.1, 0.15) is 12.4 Å². The van der Waals surface area contributed by atoms with Crippen LogP contribution in [0.25, 0.3) is 0 Å². The normalized spacial score (nSPS) is 10.8. The second-order valence-corrected chi connectivity index (χ2v) is 5.59. The van der Waals surface area contributed by atoms with Crippen molar-refractivity contribution in [3.8, 4) is 5.88 Å². The number of rotatable bonds is 5. The number of aromatic nitrogens is 2. The second-order valence-electron chi connectivity index (χ2n) is 5.59. The first-order valence-electron chi connectivity index (χ1n) is 7.69.